The highest BCUT2D eigenvalue weighted by molar-refractivity contribution is 7.17. The van der Waals surface area contributed by atoms with Gasteiger partial charge >= 0.3 is 0 Å². The van der Waals surface area contributed by atoms with Gasteiger partial charge in [0.1, 0.15) is 9.88 Å². The van der Waals surface area contributed by atoms with Gasteiger partial charge in [-0.15, -0.1) is 11.3 Å². The monoisotopic (exact) mass is 357 g/mol. The largest absolute Gasteiger partial charge is 0.350 e. The summed E-state index contributed by atoms with van der Waals surface area (Å²) in [4.78, 5) is 20.3. The topological polar surface area (TPSA) is 45.2 Å². The van der Waals surface area contributed by atoms with Gasteiger partial charge in [0.25, 0.3) is 5.91 Å². The SMILES string of the molecule is Cc1ccc(-c2nc(C)c(C(=O)NCC(C)N(C)C3CC3)s2)c(C)c1. The molecule has 1 fully saturated rings. The molecule has 1 amide bonds. The van der Waals surface area contributed by atoms with Crippen LogP contribution in [0.1, 0.15) is 46.3 Å². The van der Waals surface area contributed by atoms with Crippen LogP contribution in [0, 0.1) is 20.8 Å². The average molecular weight is 358 g/mol. The minimum Gasteiger partial charge on any atom is -0.350 e. The summed E-state index contributed by atoms with van der Waals surface area (Å²) in [6, 6.07) is 7.39. The number of rotatable bonds is 6. The fraction of sp³-hybridized carbons (Fsp3) is 0.500. The lowest BCUT2D eigenvalue weighted by Crippen LogP contribution is -2.41. The summed E-state index contributed by atoms with van der Waals surface area (Å²) in [5.74, 6) is -0.0120. The van der Waals surface area contributed by atoms with Gasteiger partial charge in [0, 0.05) is 24.2 Å². The second-order valence-electron chi connectivity index (χ2n) is 7.21. The molecule has 0 saturated heterocycles. The Bertz CT molecular complexity index is 779. The molecule has 0 aliphatic heterocycles. The van der Waals surface area contributed by atoms with Crippen molar-refractivity contribution in [2.45, 2.75) is 52.6 Å². The Hall–Kier alpha value is -1.72. The quantitative estimate of drug-likeness (QED) is 0.851. The molecule has 1 saturated carbocycles. The molecule has 4 nitrogen and oxygen atoms in total. The molecule has 1 atom stereocenters. The number of carbonyl (C=O) groups excluding carboxylic acids is 1. The van der Waals surface area contributed by atoms with Crippen molar-refractivity contribution in [1.82, 2.24) is 15.2 Å². The number of likely N-dealkylation sites (N-methyl/N-ethyl adjacent to an activating group) is 1. The lowest BCUT2D eigenvalue weighted by Gasteiger charge is -2.24. The molecule has 3 rings (SSSR count). The molecular formula is C20H27N3OS. The summed E-state index contributed by atoms with van der Waals surface area (Å²) in [5, 5.41) is 4.00. The van der Waals surface area contributed by atoms with Gasteiger partial charge in [0.2, 0.25) is 0 Å². The van der Waals surface area contributed by atoms with Crippen LogP contribution in [-0.2, 0) is 0 Å². The van der Waals surface area contributed by atoms with E-state index in [1.54, 1.807) is 0 Å². The molecule has 1 unspecified atom stereocenters. The zero-order chi connectivity index (χ0) is 18.1. The molecule has 1 N–H and O–H groups in total. The van der Waals surface area contributed by atoms with E-state index < -0.39 is 0 Å². The van der Waals surface area contributed by atoms with E-state index in [1.165, 1.54) is 35.3 Å². The van der Waals surface area contributed by atoms with Crippen LogP contribution in [0.25, 0.3) is 10.6 Å². The summed E-state index contributed by atoms with van der Waals surface area (Å²) < 4.78 is 0. The number of hydrogen-bond acceptors (Lipinski definition) is 4. The molecule has 1 aromatic carbocycles. The normalized spacial score (nSPS) is 15.4. The van der Waals surface area contributed by atoms with Crippen LogP contribution in [-0.4, -0.2) is 41.5 Å². The number of nitrogens with one attached hydrogen (secondary N) is 1. The third-order valence-corrected chi connectivity index (χ3v) is 6.18. The summed E-state index contributed by atoms with van der Waals surface area (Å²) in [5.41, 5.74) is 4.35. The highest BCUT2D eigenvalue weighted by Gasteiger charge is 2.29. The second-order valence-corrected chi connectivity index (χ2v) is 8.21. The van der Waals surface area contributed by atoms with Crippen LogP contribution < -0.4 is 5.32 Å². The standard InChI is InChI=1S/C20H27N3OS/c1-12-6-9-17(13(2)10-12)20-22-15(4)18(25-20)19(24)21-11-14(3)23(5)16-7-8-16/h6,9-10,14,16H,7-8,11H2,1-5H3,(H,21,24). The first-order valence-corrected chi connectivity index (χ1v) is 9.73. The van der Waals surface area contributed by atoms with Crippen LogP contribution in [0.2, 0.25) is 0 Å². The number of hydrogen-bond donors (Lipinski definition) is 1. The van der Waals surface area contributed by atoms with Crippen LogP contribution in [0.3, 0.4) is 0 Å². The molecule has 5 heteroatoms. The Morgan fingerprint density at radius 1 is 1.36 bits per heavy atom. The summed E-state index contributed by atoms with van der Waals surface area (Å²) in [7, 11) is 2.14. The molecule has 25 heavy (non-hydrogen) atoms. The van der Waals surface area contributed by atoms with Crippen molar-refractivity contribution in [3.05, 3.63) is 39.9 Å². The molecule has 0 spiro atoms. The highest BCUT2D eigenvalue weighted by atomic mass is 32.1. The number of amides is 1. The van der Waals surface area contributed by atoms with Gasteiger partial charge in [-0.2, -0.15) is 0 Å². The molecule has 1 heterocycles. The van der Waals surface area contributed by atoms with Gasteiger partial charge in [0.15, 0.2) is 0 Å². The summed E-state index contributed by atoms with van der Waals surface area (Å²) in [6.07, 6.45) is 2.56. The van der Waals surface area contributed by atoms with E-state index in [0.29, 0.717) is 18.6 Å². The van der Waals surface area contributed by atoms with Gasteiger partial charge in [-0.3, -0.25) is 9.69 Å². The molecule has 1 aromatic heterocycles. The minimum absolute atomic E-state index is 0.0120. The lowest BCUT2D eigenvalue weighted by molar-refractivity contribution is 0.0943. The molecule has 0 bridgehead atoms. The minimum atomic E-state index is -0.0120. The number of aryl methyl sites for hydroxylation is 3. The Morgan fingerprint density at radius 2 is 2.08 bits per heavy atom. The van der Waals surface area contributed by atoms with Crippen molar-refractivity contribution in [1.29, 1.82) is 0 Å². The Labute approximate surface area is 154 Å². The van der Waals surface area contributed by atoms with Gasteiger partial charge in [-0.1, -0.05) is 23.8 Å². The van der Waals surface area contributed by atoms with Crippen LogP contribution in [0.15, 0.2) is 18.2 Å². The predicted molar refractivity (Wildman–Crippen MR) is 104 cm³/mol. The maximum absolute atomic E-state index is 12.6. The van der Waals surface area contributed by atoms with Crippen LogP contribution >= 0.6 is 11.3 Å². The van der Waals surface area contributed by atoms with E-state index in [0.717, 1.165) is 21.1 Å². The second kappa shape index (κ2) is 7.26. The first kappa shape index (κ1) is 18.1. The van der Waals surface area contributed by atoms with Crippen LogP contribution in [0.4, 0.5) is 0 Å². The third-order valence-electron chi connectivity index (χ3n) is 4.99. The zero-order valence-electron chi connectivity index (χ0n) is 15.7. The maximum atomic E-state index is 12.6. The Morgan fingerprint density at radius 3 is 2.72 bits per heavy atom. The fourth-order valence-corrected chi connectivity index (χ4v) is 4.16. The van der Waals surface area contributed by atoms with E-state index >= 15 is 0 Å². The molecule has 2 aromatic rings. The van der Waals surface area contributed by atoms with Crippen molar-refractivity contribution in [3.8, 4) is 10.6 Å². The Balaban J connectivity index is 1.70. The van der Waals surface area contributed by atoms with Gasteiger partial charge < -0.3 is 5.32 Å². The van der Waals surface area contributed by atoms with Crippen molar-refractivity contribution >= 4 is 17.2 Å². The van der Waals surface area contributed by atoms with E-state index in [2.05, 4.69) is 61.2 Å². The number of aromatic nitrogens is 1. The predicted octanol–water partition coefficient (Wildman–Crippen LogP) is 3.95. The third kappa shape index (κ3) is 4.10. The lowest BCUT2D eigenvalue weighted by atomic mass is 10.1. The number of carbonyl (C=O) groups is 1. The number of thiazole rings is 1. The number of nitrogens with zero attached hydrogens (tertiary/aromatic N) is 2. The highest BCUT2D eigenvalue weighted by Crippen LogP contribution is 2.31. The first-order valence-electron chi connectivity index (χ1n) is 8.92. The molecule has 1 aliphatic carbocycles. The summed E-state index contributed by atoms with van der Waals surface area (Å²) in [6.45, 7) is 8.93. The van der Waals surface area contributed by atoms with Crippen LogP contribution in [0.5, 0.6) is 0 Å². The zero-order valence-corrected chi connectivity index (χ0v) is 16.5. The maximum Gasteiger partial charge on any atom is 0.263 e. The Kier molecular flexibility index (Phi) is 5.25. The van der Waals surface area contributed by atoms with Crippen molar-refractivity contribution < 1.29 is 4.79 Å². The fourth-order valence-electron chi connectivity index (χ4n) is 3.08. The molecular weight excluding hydrogens is 330 g/mol. The van der Waals surface area contributed by atoms with Crippen molar-refractivity contribution in [3.63, 3.8) is 0 Å². The van der Waals surface area contributed by atoms with E-state index in [9.17, 15) is 4.79 Å². The van der Waals surface area contributed by atoms with Crippen molar-refractivity contribution in [2.24, 2.45) is 0 Å². The van der Waals surface area contributed by atoms with Gasteiger partial charge in [0.05, 0.1) is 5.69 Å². The molecule has 0 radical (unpaired) electrons. The van der Waals surface area contributed by atoms with Gasteiger partial charge in [-0.05, 0) is 53.1 Å². The molecule has 134 valence electrons. The van der Waals surface area contributed by atoms with E-state index in [-0.39, 0.29) is 5.91 Å². The first-order chi connectivity index (χ1) is 11.9. The van der Waals surface area contributed by atoms with Gasteiger partial charge in [-0.25, -0.2) is 4.98 Å². The summed E-state index contributed by atoms with van der Waals surface area (Å²) >= 11 is 1.48. The van der Waals surface area contributed by atoms with E-state index in [1.807, 2.05) is 6.92 Å². The number of benzene rings is 1. The van der Waals surface area contributed by atoms with Crippen molar-refractivity contribution in [2.75, 3.05) is 13.6 Å². The average Bonchev–Trinajstić information content (AvgIpc) is 3.34. The van der Waals surface area contributed by atoms with E-state index in [4.69, 9.17) is 0 Å². The molecule has 1 aliphatic rings. The smallest absolute Gasteiger partial charge is 0.263 e.